The molecule has 0 aromatic carbocycles. The van der Waals surface area contributed by atoms with Crippen molar-refractivity contribution in [3.05, 3.63) is 0 Å². The van der Waals surface area contributed by atoms with Crippen molar-refractivity contribution in [1.29, 1.82) is 0 Å². The van der Waals surface area contributed by atoms with Crippen molar-refractivity contribution in [3.8, 4) is 0 Å². The van der Waals surface area contributed by atoms with Gasteiger partial charge in [-0.25, -0.2) is 4.79 Å². The molecular weight excluding hydrogens is 377 g/mol. The van der Waals surface area contributed by atoms with Crippen LogP contribution < -0.4 is 10.6 Å². The van der Waals surface area contributed by atoms with E-state index >= 15 is 0 Å². The Morgan fingerprint density at radius 1 is 1.11 bits per heavy atom. The van der Waals surface area contributed by atoms with Crippen LogP contribution in [0.5, 0.6) is 0 Å². The summed E-state index contributed by atoms with van der Waals surface area (Å²) in [6.45, 7) is 1.66. The van der Waals surface area contributed by atoms with Crippen molar-refractivity contribution >= 4 is 29.6 Å². The molecule has 28 heavy (non-hydrogen) atoms. The molecule has 4 amide bonds. The van der Waals surface area contributed by atoms with E-state index in [4.69, 9.17) is 6.21 Å². The van der Waals surface area contributed by atoms with Gasteiger partial charge in [0.25, 0.3) is 11.8 Å². The van der Waals surface area contributed by atoms with E-state index in [1.54, 1.807) is 0 Å². The fourth-order valence-electron chi connectivity index (χ4n) is 3.18. The number of nitrogens with zero attached hydrogens (tertiary/aromatic N) is 2. The van der Waals surface area contributed by atoms with Crippen LogP contribution in [0.15, 0.2) is 0 Å². The van der Waals surface area contributed by atoms with Gasteiger partial charge in [-0.15, -0.1) is 5.06 Å². The van der Waals surface area contributed by atoms with Crippen molar-refractivity contribution in [2.75, 3.05) is 26.2 Å². The molecule has 156 valence electrons. The second-order valence-corrected chi connectivity index (χ2v) is 6.80. The number of amides is 4. The van der Waals surface area contributed by atoms with Crippen LogP contribution in [-0.2, 0) is 28.8 Å². The average Bonchev–Trinajstić information content (AvgIpc) is 3.23. The van der Waals surface area contributed by atoms with E-state index in [9.17, 15) is 24.0 Å². The third kappa shape index (κ3) is 6.59. The van der Waals surface area contributed by atoms with Gasteiger partial charge in [-0.3, -0.25) is 24.1 Å². The highest BCUT2D eigenvalue weighted by atomic mass is 16.8. The van der Waals surface area contributed by atoms with Gasteiger partial charge in [-0.1, -0.05) is 6.90 Å². The Bertz CT molecular complexity index is 628. The van der Waals surface area contributed by atoms with Gasteiger partial charge in [0.2, 0.25) is 11.8 Å². The molecule has 0 saturated carbocycles. The second kappa shape index (κ2) is 10.7. The predicted octanol–water partition coefficient (Wildman–Crippen LogP) is -0.519. The van der Waals surface area contributed by atoms with E-state index in [0.717, 1.165) is 25.8 Å². The number of likely N-dealkylation sites (tertiary alicyclic amines) is 1. The number of carbonyl (C=O) groups is 5. The highest BCUT2D eigenvalue weighted by Gasteiger charge is 2.32. The van der Waals surface area contributed by atoms with Crippen LogP contribution in [0.4, 0.5) is 0 Å². The lowest BCUT2D eigenvalue weighted by Crippen LogP contribution is -2.40. The van der Waals surface area contributed by atoms with Crippen LogP contribution in [-0.4, -0.2) is 71.8 Å². The van der Waals surface area contributed by atoms with Crippen molar-refractivity contribution < 1.29 is 30.2 Å². The molecule has 2 heterocycles. The topological polar surface area (TPSA) is 125 Å². The first-order valence-corrected chi connectivity index (χ1v) is 9.54. The van der Waals surface area contributed by atoms with Gasteiger partial charge in [0.05, 0.1) is 13.0 Å². The molecule has 2 rings (SSSR count). The number of imide groups is 1. The third-order valence-electron chi connectivity index (χ3n) is 4.70. The van der Waals surface area contributed by atoms with Crippen LogP contribution >= 0.6 is 0 Å². The Morgan fingerprint density at radius 3 is 2.50 bits per heavy atom. The number of nitrogens with one attached hydrogen (secondary N) is 2. The van der Waals surface area contributed by atoms with Crippen LogP contribution in [0.1, 0.15) is 53.2 Å². The van der Waals surface area contributed by atoms with Crippen molar-refractivity contribution in [2.45, 2.75) is 57.9 Å². The summed E-state index contributed by atoms with van der Waals surface area (Å²) in [5.74, 6) is -2.38. The molecule has 2 N–H and O–H groups in total. The lowest BCUT2D eigenvalue weighted by atomic mass is 10.4. The van der Waals surface area contributed by atoms with Crippen LogP contribution in [0.2, 0.25) is 0 Å². The largest absolute Gasteiger partial charge is 0.355 e. The molecule has 2 saturated heterocycles. The zero-order valence-corrected chi connectivity index (χ0v) is 15.9. The minimum Gasteiger partial charge on any atom is -0.355 e. The van der Waals surface area contributed by atoms with E-state index in [2.05, 4.69) is 15.5 Å². The Labute approximate surface area is 165 Å². The molecule has 2 fully saturated rings. The summed E-state index contributed by atoms with van der Waals surface area (Å²) in [5, 5.41) is 5.69. The maximum Gasteiger partial charge on any atom is 0.334 e. The summed E-state index contributed by atoms with van der Waals surface area (Å²) in [5.41, 5.74) is 0. The normalized spacial score (nSPS) is 20.2. The third-order valence-corrected chi connectivity index (χ3v) is 4.70. The summed E-state index contributed by atoms with van der Waals surface area (Å²) in [4.78, 5) is 64.9. The van der Waals surface area contributed by atoms with Crippen molar-refractivity contribution in [3.63, 3.8) is 0 Å². The lowest BCUT2D eigenvalue weighted by molar-refractivity contribution is -0.197. The van der Waals surface area contributed by atoms with Crippen LogP contribution in [0.3, 0.4) is 0 Å². The van der Waals surface area contributed by atoms with Crippen molar-refractivity contribution in [1.82, 2.24) is 20.6 Å². The fourth-order valence-corrected chi connectivity index (χ4v) is 3.18. The molecule has 0 aromatic rings. The summed E-state index contributed by atoms with van der Waals surface area (Å²) < 4.78 is 7.32. The maximum atomic E-state index is 12.0. The minimum absolute atomic E-state index is 0.00438. The average molecular weight is 406 g/mol. The molecule has 0 radical (unpaired) electrons. The van der Waals surface area contributed by atoms with Gasteiger partial charge in [-0.05, 0) is 25.8 Å². The molecule has 0 spiro atoms. The molecule has 2 aliphatic rings. The summed E-state index contributed by atoms with van der Waals surface area (Å²) in [7, 11) is 0. The zero-order valence-electron chi connectivity index (χ0n) is 16.9. The number of hydrogen-bond acceptors (Lipinski definition) is 7. The first-order valence-electron chi connectivity index (χ1n) is 10.2. The molecule has 2 aliphatic heterocycles. The number of hydrogen-bond donors (Lipinski definition) is 2. The Hall–Kier alpha value is -2.49. The molecular formula is C18H28N4O6. The molecule has 1 unspecified atom stereocenters. The first-order chi connectivity index (χ1) is 13.9. The number of carbonyl (C=O) groups excluding carboxylic acids is 5. The monoisotopic (exact) mass is 406 g/mol. The molecule has 0 aromatic heterocycles. The smallest absolute Gasteiger partial charge is 0.334 e. The SMILES string of the molecule is [2H]C[13CH2][13CH]1[13CH2][13CH2][13CH2]N1[13CH2][13C](=O)NCCC(=O)[15NH]CC[13C](=O)ON1C(=O)CCC1=O. The second-order valence-electron chi connectivity index (χ2n) is 6.80. The quantitative estimate of drug-likeness (QED) is 0.284. The standard InChI is InChI=1S/C18H28N4O6/c1-2-13-4-3-11-21(13)12-15(24)20-9-7-14(23)19-10-8-18(27)28-22-16(25)5-6-17(22)26/h13H,2-12H2,1H3,(H,19,23)(H,20,24)/i1D,2+1,3+1,4+1,11+1,12+1,13+1,15+1,18+1,19+1. The summed E-state index contributed by atoms with van der Waals surface area (Å²) >= 11 is 0. The number of rotatable bonds is 10. The van der Waals surface area contributed by atoms with Crippen LogP contribution in [0.25, 0.3) is 0 Å². The number of hydroxylamine groups is 2. The summed E-state index contributed by atoms with van der Waals surface area (Å²) in [6.07, 6.45) is 2.74. The fraction of sp³-hybridized carbons (Fsp3) is 0.722. The van der Waals surface area contributed by atoms with Gasteiger partial charge in [-0.2, -0.15) is 0 Å². The molecule has 0 aliphatic carbocycles. The highest BCUT2D eigenvalue weighted by Crippen LogP contribution is 2.18. The predicted molar refractivity (Wildman–Crippen MR) is 97.3 cm³/mol. The molecule has 0 bridgehead atoms. The van der Waals surface area contributed by atoms with Gasteiger partial charge in [0.1, 0.15) is 0 Å². The first kappa shape index (κ1) is 20.2. The van der Waals surface area contributed by atoms with Gasteiger partial charge < -0.3 is 15.5 Å². The van der Waals surface area contributed by atoms with Crippen molar-refractivity contribution in [2.24, 2.45) is 0 Å². The van der Waals surface area contributed by atoms with E-state index in [-0.39, 0.29) is 63.2 Å². The maximum absolute atomic E-state index is 12.0. The minimum atomic E-state index is -0.782. The van der Waals surface area contributed by atoms with Gasteiger partial charge in [0, 0.05) is 39.8 Å². The lowest BCUT2D eigenvalue weighted by Gasteiger charge is -2.22. The Kier molecular flexibility index (Phi) is 7.77. The van der Waals surface area contributed by atoms with E-state index in [1.165, 1.54) is 0 Å². The molecule has 1 atom stereocenters. The molecule has 10 nitrogen and oxygen atoms in total. The summed E-state index contributed by atoms with van der Waals surface area (Å²) in [6, 6.07) is 0.285. The highest BCUT2D eigenvalue weighted by molar-refractivity contribution is 6.01. The van der Waals surface area contributed by atoms with Crippen LogP contribution in [0, 0.1) is 0 Å². The van der Waals surface area contributed by atoms with Gasteiger partial charge in [0.15, 0.2) is 0 Å². The van der Waals surface area contributed by atoms with E-state index in [1.807, 2.05) is 0 Å². The van der Waals surface area contributed by atoms with E-state index < -0.39 is 17.8 Å². The van der Waals surface area contributed by atoms with E-state index in [0.29, 0.717) is 12.0 Å². The molecule has 10 heteroatoms. The Morgan fingerprint density at radius 2 is 1.79 bits per heavy atom. The van der Waals surface area contributed by atoms with Gasteiger partial charge >= 0.3 is 5.97 Å². The Balaban J connectivity index is 1.54. The zero-order chi connectivity index (χ0) is 21.2.